The van der Waals surface area contributed by atoms with Crippen LogP contribution in [0.5, 0.6) is 0 Å². The van der Waals surface area contributed by atoms with Gasteiger partial charge in [-0.05, 0) is 19.2 Å². The van der Waals surface area contributed by atoms with Crippen molar-refractivity contribution in [2.75, 3.05) is 26.7 Å². The van der Waals surface area contributed by atoms with Gasteiger partial charge in [-0.15, -0.1) is 0 Å². The molecule has 0 amide bonds. The molecule has 1 aliphatic heterocycles. The number of fused-ring (bicyclic) bond motifs is 1. The molecule has 0 bridgehead atoms. The summed E-state index contributed by atoms with van der Waals surface area (Å²) in [6.45, 7) is 2.73. The lowest BCUT2D eigenvalue weighted by molar-refractivity contribution is 0.190. The number of aromatic nitrogens is 2. The van der Waals surface area contributed by atoms with Gasteiger partial charge >= 0.3 is 0 Å². The maximum absolute atomic E-state index is 13.2. The Kier molecular flexibility index (Phi) is 3.59. The summed E-state index contributed by atoms with van der Waals surface area (Å²) >= 11 is 0. The largest absolute Gasteiger partial charge is 0.464 e. The van der Waals surface area contributed by atoms with Gasteiger partial charge in [0.05, 0.1) is 18.7 Å². The SMILES string of the molecule is CN1CCNCC1c1noc(Cc2coc3cc(F)ccc23)n1. The van der Waals surface area contributed by atoms with E-state index in [9.17, 15) is 4.39 Å². The second-order valence-electron chi connectivity index (χ2n) is 5.83. The van der Waals surface area contributed by atoms with Gasteiger partial charge in [0.2, 0.25) is 5.89 Å². The fraction of sp³-hybridized carbons (Fsp3) is 0.375. The van der Waals surface area contributed by atoms with Crippen molar-refractivity contribution in [1.29, 1.82) is 0 Å². The molecule has 6 nitrogen and oxygen atoms in total. The highest BCUT2D eigenvalue weighted by atomic mass is 19.1. The molecule has 0 spiro atoms. The Morgan fingerprint density at radius 2 is 2.35 bits per heavy atom. The van der Waals surface area contributed by atoms with Crippen molar-refractivity contribution >= 4 is 11.0 Å². The van der Waals surface area contributed by atoms with E-state index < -0.39 is 0 Å². The minimum Gasteiger partial charge on any atom is -0.464 e. The minimum atomic E-state index is -0.314. The van der Waals surface area contributed by atoms with Gasteiger partial charge in [-0.1, -0.05) is 5.16 Å². The molecule has 23 heavy (non-hydrogen) atoms. The first kappa shape index (κ1) is 14.3. The standard InChI is InChI=1S/C16H17FN4O2/c1-21-5-4-18-8-13(21)16-19-15(23-20-16)6-10-9-22-14-7-11(17)2-3-12(10)14/h2-3,7,9,13,18H,4-6,8H2,1H3. The van der Waals surface area contributed by atoms with Crippen LogP contribution >= 0.6 is 0 Å². The first-order valence-electron chi connectivity index (χ1n) is 7.60. The van der Waals surface area contributed by atoms with Crippen molar-refractivity contribution in [2.45, 2.75) is 12.5 Å². The van der Waals surface area contributed by atoms with E-state index in [1.54, 1.807) is 12.3 Å². The molecule has 1 N–H and O–H groups in total. The van der Waals surface area contributed by atoms with E-state index in [4.69, 9.17) is 8.94 Å². The summed E-state index contributed by atoms with van der Waals surface area (Å²) in [5.74, 6) is 0.908. The summed E-state index contributed by atoms with van der Waals surface area (Å²) < 4.78 is 24.0. The maximum atomic E-state index is 13.2. The Bertz CT molecular complexity index is 828. The van der Waals surface area contributed by atoms with Crippen LogP contribution in [-0.2, 0) is 6.42 Å². The van der Waals surface area contributed by atoms with Gasteiger partial charge < -0.3 is 14.3 Å². The Morgan fingerprint density at radius 1 is 1.43 bits per heavy atom. The zero-order valence-corrected chi connectivity index (χ0v) is 12.8. The van der Waals surface area contributed by atoms with Crippen molar-refractivity contribution < 1.29 is 13.3 Å². The molecule has 4 rings (SSSR count). The smallest absolute Gasteiger partial charge is 0.231 e. The minimum absolute atomic E-state index is 0.122. The predicted molar refractivity (Wildman–Crippen MR) is 81.5 cm³/mol. The molecule has 1 unspecified atom stereocenters. The predicted octanol–water partition coefficient (Wildman–Crippen LogP) is 2.12. The molecule has 0 aliphatic carbocycles. The van der Waals surface area contributed by atoms with Gasteiger partial charge in [-0.25, -0.2) is 4.39 Å². The molecule has 7 heteroatoms. The number of likely N-dealkylation sites (N-methyl/N-ethyl adjacent to an activating group) is 1. The van der Waals surface area contributed by atoms with Crippen LogP contribution in [0.15, 0.2) is 33.4 Å². The summed E-state index contributed by atoms with van der Waals surface area (Å²) in [6, 6.07) is 4.63. The van der Waals surface area contributed by atoms with Crippen LogP contribution in [0.25, 0.3) is 11.0 Å². The molecule has 2 aromatic heterocycles. The molecule has 3 heterocycles. The molecular weight excluding hydrogens is 299 g/mol. The number of nitrogens with one attached hydrogen (secondary N) is 1. The third-order valence-corrected chi connectivity index (χ3v) is 4.25. The van der Waals surface area contributed by atoms with Crippen LogP contribution in [0.4, 0.5) is 4.39 Å². The second-order valence-corrected chi connectivity index (χ2v) is 5.83. The monoisotopic (exact) mass is 316 g/mol. The van der Waals surface area contributed by atoms with Gasteiger partial charge in [0, 0.05) is 36.7 Å². The van der Waals surface area contributed by atoms with Crippen molar-refractivity contribution in [1.82, 2.24) is 20.4 Å². The Labute approximate surface area is 132 Å². The molecule has 1 saturated heterocycles. The highest BCUT2D eigenvalue weighted by molar-refractivity contribution is 5.81. The highest BCUT2D eigenvalue weighted by Crippen LogP contribution is 2.25. The van der Waals surface area contributed by atoms with E-state index in [2.05, 4.69) is 27.4 Å². The third kappa shape index (κ3) is 2.73. The average Bonchev–Trinajstić information content (AvgIpc) is 3.15. The normalized spacial score (nSPS) is 19.5. The van der Waals surface area contributed by atoms with Gasteiger partial charge in [0.15, 0.2) is 5.82 Å². The van der Waals surface area contributed by atoms with Crippen LogP contribution in [0.2, 0.25) is 0 Å². The zero-order chi connectivity index (χ0) is 15.8. The second kappa shape index (κ2) is 5.75. The van der Waals surface area contributed by atoms with Gasteiger partial charge in [0.1, 0.15) is 11.4 Å². The Hall–Kier alpha value is -2.25. The number of rotatable bonds is 3. The van der Waals surface area contributed by atoms with E-state index in [0.29, 0.717) is 23.7 Å². The number of halogens is 1. The van der Waals surface area contributed by atoms with Gasteiger partial charge in [0.25, 0.3) is 0 Å². The van der Waals surface area contributed by atoms with E-state index in [1.165, 1.54) is 12.1 Å². The lowest BCUT2D eigenvalue weighted by atomic mass is 10.1. The fourth-order valence-electron chi connectivity index (χ4n) is 2.93. The van der Waals surface area contributed by atoms with Crippen LogP contribution < -0.4 is 5.32 Å². The Morgan fingerprint density at radius 3 is 3.22 bits per heavy atom. The lowest BCUT2D eigenvalue weighted by Gasteiger charge is -2.30. The van der Waals surface area contributed by atoms with Crippen molar-refractivity contribution in [3.63, 3.8) is 0 Å². The van der Waals surface area contributed by atoms with Crippen molar-refractivity contribution in [3.05, 3.63) is 47.6 Å². The van der Waals surface area contributed by atoms with Crippen LogP contribution in [0, 0.1) is 5.82 Å². The summed E-state index contributed by atoms with van der Waals surface area (Å²) in [6.07, 6.45) is 2.08. The zero-order valence-electron chi connectivity index (χ0n) is 12.8. The summed E-state index contributed by atoms with van der Waals surface area (Å²) in [4.78, 5) is 6.72. The maximum Gasteiger partial charge on any atom is 0.231 e. The summed E-state index contributed by atoms with van der Waals surface area (Å²) in [7, 11) is 2.06. The first-order chi connectivity index (χ1) is 11.2. The summed E-state index contributed by atoms with van der Waals surface area (Å²) in [5, 5.41) is 8.30. The molecule has 1 aromatic carbocycles. The van der Waals surface area contributed by atoms with Crippen LogP contribution in [0.1, 0.15) is 23.3 Å². The number of furan rings is 1. The average molecular weight is 316 g/mol. The first-order valence-corrected chi connectivity index (χ1v) is 7.60. The van der Waals surface area contributed by atoms with Crippen molar-refractivity contribution in [3.8, 4) is 0 Å². The number of hydrogen-bond acceptors (Lipinski definition) is 6. The quantitative estimate of drug-likeness (QED) is 0.798. The Balaban J connectivity index is 1.57. The van der Waals surface area contributed by atoms with E-state index in [-0.39, 0.29) is 11.9 Å². The van der Waals surface area contributed by atoms with E-state index in [1.807, 2.05) is 0 Å². The third-order valence-electron chi connectivity index (χ3n) is 4.25. The van der Waals surface area contributed by atoms with E-state index >= 15 is 0 Å². The molecule has 0 saturated carbocycles. The van der Waals surface area contributed by atoms with Gasteiger partial charge in [-0.2, -0.15) is 4.98 Å². The number of nitrogens with zero attached hydrogens (tertiary/aromatic N) is 3. The lowest BCUT2D eigenvalue weighted by Crippen LogP contribution is -2.44. The van der Waals surface area contributed by atoms with E-state index in [0.717, 1.165) is 30.6 Å². The van der Waals surface area contributed by atoms with Crippen LogP contribution in [0.3, 0.4) is 0 Å². The molecular formula is C16H17FN4O2. The summed E-state index contributed by atoms with van der Waals surface area (Å²) in [5.41, 5.74) is 1.43. The number of benzene rings is 1. The highest BCUT2D eigenvalue weighted by Gasteiger charge is 2.25. The number of hydrogen-bond donors (Lipinski definition) is 1. The van der Waals surface area contributed by atoms with Gasteiger partial charge in [-0.3, -0.25) is 4.90 Å². The topological polar surface area (TPSA) is 67.3 Å². The molecule has 3 aromatic rings. The molecule has 0 radical (unpaired) electrons. The molecule has 1 atom stereocenters. The van der Waals surface area contributed by atoms with Crippen molar-refractivity contribution in [2.24, 2.45) is 0 Å². The molecule has 120 valence electrons. The van der Waals surface area contributed by atoms with Crippen LogP contribution in [-0.4, -0.2) is 41.7 Å². The molecule has 1 fully saturated rings. The fourth-order valence-corrected chi connectivity index (χ4v) is 2.93. The molecule has 1 aliphatic rings. The number of piperazine rings is 1.